The van der Waals surface area contributed by atoms with Crippen LogP contribution in [0.3, 0.4) is 0 Å². The fraction of sp³-hybridized carbons (Fsp3) is 0.273. The number of esters is 1. The molecule has 0 fully saturated rings. The van der Waals surface area contributed by atoms with Gasteiger partial charge >= 0.3 is 5.97 Å². The number of hydrogen-bond donors (Lipinski definition) is 2. The minimum absolute atomic E-state index is 0.206. The van der Waals surface area contributed by atoms with Crippen molar-refractivity contribution in [3.05, 3.63) is 29.8 Å². The molecule has 5 nitrogen and oxygen atoms in total. The number of rotatable bonds is 4. The molecule has 1 rings (SSSR count). The van der Waals surface area contributed by atoms with E-state index in [0.717, 1.165) is 0 Å². The molecule has 0 saturated carbocycles. The molecular weight excluding hydrogens is 208 g/mol. The Morgan fingerprint density at radius 2 is 1.88 bits per heavy atom. The second-order valence-corrected chi connectivity index (χ2v) is 3.25. The van der Waals surface area contributed by atoms with E-state index in [2.05, 4.69) is 0 Å². The Kier molecular flexibility index (Phi) is 3.88. The van der Waals surface area contributed by atoms with E-state index in [1.54, 1.807) is 31.2 Å². The van der Waals surface area contributed by atoms with Crippen molar-refractivity contribution in [1.82, 2.24) is 0 Å². The number of anilines is 1. The first-order valence-corrected chi connectivity index (χ1v) is 4.87. The Labute approximate surface area is 93.4 Å². The number of primary amides is 1. The zero-order chi connectivity index (χ0) is 12.1. The molecule has 0 bridgehead atoms. The Bertz CT molecular complexity index is 387. The highest BCUT2D eigenvalue weighted by Crippen LogP contribution is 2.18. The van der Waals surface area contributed by atoms with Crippen molar-refractivity contribution in [3.63, 3.8) is 0 Å². The fourth-order valence-corrected chi connectivity index (χ4v) is 1.33. The summed E-state index contributed by atoms with van der Waals surface area (Å²) in [7, 11) is 0. The molecule has 0 spiro atoms. The largest absolute Gasteiger partial charge is 0.465 e. The molecule has 1 amide bonds. The van der Waals surface area contributed by atoms with Crippen LogP contribution in [0, 0.1) is 0 Å². The minimum atomic E-state index is -1.07. The van der Waals surface area contributed by atoms with Crippen molar-refractivity contribution < 1.29 is 14.3 Å². The quantitative estimate of drug-likeness (QED) is 0.438. The molecule has 86 valence electrons. The van der Waals surface area contributed by atoms with Crippen LogP contribution in [0.25, 0.3) is 0 Å². The third kappa shape index (κ3) is 2.73. The molecule has 0 heterocycles. The van der Waals surface area contributed by atoms with Crippen LogP contribution in [0.4, 0.5) is 5.69 Å². The summed E-state index contributed by atoms with van der Waals surface area (Å²) < 4.78 is 4.78. The van der Waals surface area contributed by atoms with Gasteiger partial charge in [-0.15, -0.1) is 0 Å². The number of carbonyl (C=O) groups is 2. The van der Waals surface area contributed by atoms with Crippen LogP contribution < -0.4 is 11.5 Å². The van der Waals surface area contributed by atoms with Gasteiger partial charge in [-0.05, 0) is 24.6 Å². The molecule has 0 radical (unpaired) electrons. The lowest BCUT2D eigenvalue weighted by Gasteiger charge is -2.12. The lowest BCUT2D eigenvalue weighted by molar-refractivity contribution is -0.147. The first-order chi connectivity index (χ1) is 7.56. The molecule has 0 aromatic heterocycles. The second-order valence-electron chi connectivity index (χ2n) is 3.25. The number of amides is 1. The SMILES string of the molecule is CCOC(=O)C(C(N)=O)c1ccc(N)cc1. The summed E-state index contributed by atoms with van der Waals surface area (Å²) in [6.07, 6.45) is 0. The van der Waals surface area contributed by atoms with E-state index in [9.17, 15) is 9.59 Å². The number of hydrogen-bond acceptors (Lipinski definition) is 4. The third-order valence-corrected chi connectivity index (χ3v) is 2.08. The van der Waals surface area contributed by atoms with Gasteiger partial charge in [0.15, 0.2) is 5.92 Å². The van der Waals surface area contributed by atoms with Crippen LogP contribution in [-0.4, -0.2) is 18.5 Å². The van der Waals surface area contributed by atoms with E-state index in [1.165, 1.54) is 0 Å². The Hall–Kier alpha value is -2.04. The van der Waals surface area contributed by atoms with Crippen molar-refractivity contribution in [3.8, 4) is 0 Å². The van der Waals surface area contributed by atoms with Crippen LogP contribution >= 0.6 is 0 Å². The smallest absolute Gasteiger partial charge is 0.323 e. The summed E-state index contributed by atoms with van der Waals surface area (Å²) >= 11 is 0. The predicted octanol–water partition coefficient (Wildman–Crippen LogP) is 0.401. The highest BCUT2D eigenvalue weighted by Gasteiger charge is 2.27. The topological polar surface area (TPSA) is 95.4 Å². The first-order valence-electron chi connectivity index (χ1n) is 4.87. The van der Waals surface area contributed by atoms with Crippen LogP contribution in [0.1, 0.15) is 18.4 Å². The summed E-state index contributed by atoms with van der Waals surface area (Å²) in [4.78, 5) is 22.7. The molecule has 16 heavy (non-hydrogen) atoms. The molecule has 1 aromatic carbocycles. The number of benzene rings is 1. The molecular formula is C11H14N2O3. The summed E-state index contributed by atoms with van der Waals surface area (Å²) in [5, 5.41) is 0. The van der Waals surface area contributed by atoms with Gasteiger partial charge in [-0.1, -0.05) is 12.1 Å². The maximum Gasteiger partial charge on any atom is 0.323 e. The Morgan fingerprint density at radius 1 is 1.31 bits per heavy atom. The average Bonchev–Trinajstić information content (AvgIpc) is 2.21. The van der Waals surface area contributed by atoms with Gasteiger partial charge < -0.3 is 16.2 Å². The van der Waals surface area contributed by atoms with Crippen LogP contribution in [0.2, 0.25) is 0 Å². The van der Waals surface area contributed by atoms with Gasteiger partial charge in [0.05, 0.1) is 6.61 Å². The predicted molar refractivity (Wildman–Crippen MR) is 59.4 cm³/mol. The molecule has 1 atom stereocenters. The highest BCUT2D eigenvalue weighted by molar-refractivity contribution is 6.02. The summed E-state index contributed by atoms with van der Waals surface area (Å²) in [5.41, 5.74) is 11.7. The normalized spacial score (nSPS) is 11.8. The molecule has 0 aliphatic rings. The molecule has 0 saturated heterocycles. The summed E-state index contributed by atoms with van der Waals surface area (Å²) in [6.45, 7) is 1.87. The van der Waals surface area contributed by atoms with Crippen molar-refractivity contribution in [1.29, 1.82) is 0 Å². The van der Waals surface area contributed by atoms with Crippen molar-refractivity contribution in [2.75, 3.05) is 12.3 Å². The maximum atomic E-state index is 11.5. The molecule has 5 heteroatoms. The summed E-state index contributed by atoms with van der Waals surface area (Å²) in [6, 6.07) is 6.37. The number of nitrogens with two attached hydrogens (primary N) is 2. The van der Waals surface area contributed by atoms with Crippen LogP contribution in [0.5, 0.6) is 0 Å². The molecule has 4 N–H and O–H groups in total. The van der Waals surface area contributed by atoms with Gasteiger partial charge in [0.1, 0.15) is 0 Å². The van der Waals surface area contributed by atoms with Gasteiger partial charge in [-0.3, -0.25) is 9.59 Å². The highest BCUT2D eigenvalue weighted by atomic mass is 16.5. The fourth-order valence-electron chi connectivity index (χ4n) is 1.33. The van der Waals surface area contributed by atoms with Gasteiger partial charge in [0.25, 0.3) is 0 Å². The monoisotopic (exact) mass is 222 g/mol. The van der Waals surface area contributed by atoms with Gasteiger partial charge in [-0.2, -0.15) is 0 Å². The van der Waals surface area contributed by atoms with Gasteiger partial charge in [0, 0.05) is 5.69 Å². The number of carbonyl (C=O) groups excluding carboxylic acids is 2. The van der Waals surface area contributed by atoms with E-state index in [0.29, 0.717) is 11.3 Å². The van der Waals surface area contributed by atoms with E-state index in [4.69, 9.17) is 16.2 Å². The third-order valence-electron chi connectivity index (χ3n) is 2.08. The molecule has 0 aliphatic heterocycles. The number of ether oxygens (including phenoxy) is 1. The zero-order valence-electron chi connectivity index (χ0n) is 8.97. The van der Waals surface area contributed by atoms with Crippen molar-refractivity contribution >= 4 is 17.6 Å². The lowest BCUT2D eigenvalue weighted by atomic mass is 9.98. The van der Waals surface area contributed by atoms with E-state index in [-0.39, 0.29) is 6.61 Å². The first kappa shape index (κ1) is 12.0. The summed E-state index contributed by atoms with van der Waals surface area (Å²) in [5.74, 6) is -2.44. The average molecular weight is 222 g/mol. The molecule has 1 aromatic rings. The molecule has 1 unspecified atom stereocenters. The van der Waals surface area contributed by atoms with E-state index < -0.39 is 17.8 Å². The zero-order valence-corrected chi connectivity index (χ0v) is 8.97. The Balaban J connectivity index is 2.98. The molecule has 0 aliphatic carbocycles. The van der Waals surface area contributed by atoms with E-state index >= 15 is 0 Å². The van der Waals surface area contributed by atoms with Crippen LogP contribution in [-0.2, 0) is 14.3 Å². The maximum absolute atomic E-state index is 11.5. The second kappa shape index (κ2) is 5.16. The standard InChI is InChI=1S/C11H14N2O3/c1-2-16-11(15)9(10(13)14)7-3-5-8(12)6-4-7/h3-6,9H,2,12H2,1H3,(H2,13,14). The Morgan fingerprint density at radius 3 is 2.31 bits per heavy atom. The van der Waals surface area contributed by atoms with Crippen molar-refractivity contribution in [2.24, 2.45) is 5.73 Å². The van der Waals surface area contributed by atoms with E-state index in [1.807, 2.05) is 0 Å². The van der Waals surface area contributed by atoms with Crippen LogP contribution in [0.15, 0.2) is 24.3 Å². The van der Waals surface area contributed by atoms with Gasteiger partial charge in [-0.25, -0.2) is 0 Å². The minimum Gasteiger partial charge on any atom is -0.465 e. The lowest BCUT2D eigenvalue weighted by Crippen LogP contribution is -2.29. The number of nitrogen functional groups attached to an aromatic ring is 1. The van der Waals surface area contributed by atoms with Gasteiger partial charge in [0.2, 0.25) is 5.91 Å². The van der Waals surface area contributed by atoms with Crippen molar-refractivity contribution in [2.45, 2.75) is 12.8 Å².